The molecule has 4 N–H and O–H groups in total. The van der Waals surface area contributed by atoms with Crippen LogP contribution in [0.4, 0.5) is 11.4 Å². The van der Waals surface area contributed by atoms with Crippen LogP contribution in [0.3, 0.4) is 0 Å². The molecular formula is C10H12N4O2. The van der Waals surface area contributed by atoms with Crippen molar-refractivity contribution in [3.05, 3.63) is 32.8 Å². The lowest BCUT2D eigenvalue weighted by molar-refractivity contribution is 0.799. The van der Waals surface area contributed by atoms with Crippen molar-refractivity contribution in [3.63, 3.8) is 0 Å². The second-order valence-corrected chi connectivity index (χ2v) is 3.70. The zero-order valence-corrected chi connectivity index (χ0v) is 9.02. The first-order chi connectivity index (χ1) is 7.43. The molecule has 0 saturated carbocycles. The van der Waals surface area contributed by atoms with E-state index in [1.807, 2.05) is 0 Å². The molecule has 1 aromatic carbocycles. The highest BCUT2D eigenvalue weighted by Gasteiger charge is 2.09. The lowest BCUT2D eigenvalue weighted by Gasteiger charge is -2.10. The lowest BCUT2D eigenvalue weighted by atomic mass is 10.2. The van der Waals surface area contributed by atoms with E-state index in [0.717, 1.165) is 0 Å². The zero-order chi connectivity index (χ0) is 12.0. The van der Waals surface area contributed by atoms with Crippen LogP contribution < -0.4 is 22.6 Å². The maximum Gasteiger partial charge on any atom is 0.316 e. The van der Waals surface area contributed by atoms with Gasteiger partial charge < -0.3 is 20.6 Å². The number of nitrogen functional groups attached to an aromatic ring is 2. The molecule has 0 aliphatic rings. The monoisotopic (exact) mass is 220 g/mol. The number of hydrogen-bond donors (Lipinski definition) is 2. The zero-order valence-electron chi connectivity index (χ0n) is 9.02. The molecule has 0 aliphatic carbocycles. The molecule has 2 rings (SSSR count). The summed E-state index contributed by atoms with van der Waals surface area (Å²) >= 11 is 0. The van der Waals surface area contributed by atoms with Gasteiger partial charge in [0, 0.05) is 14.1 Å². The van der Waals surface area contributed by atoms with Crippen molar-refractivity contribution in [2.24, 2.45) is 14.1 Å². The molecule has 84 valence electrons. The van der Waals surface area contributed by atoms with Gasteiger partial charge in [-0.3, -0.25) is 9.59 Å². The number of rotatable bonds is 0. The topological polar surface area (TPSA) is 96.0 Å². The predicted molar refractivity (Wildman–Crippen MR) is 63.3 cm³/mol. The van der Waals surface area contributed by atoms with Gasteiger partial charge in [0.25, 0.3) is 0 Å². The van der Waals surface area contributed by atoms with Crippen LogP contribution in [-0.4, -0.2) is 9.13 Å². The summed E-state index contributed by atoms with van der Waals surface area (Å²) in [4.78, 5) is 23.1. The first-order valence-electron chi connectivity index (χ1n) is 4.68. The molecule has 0 aliphatic heterocycles. The molecule has 2 aromatic rings. The van der Waals surface area contributed by atoms with Gasteiger partial charge in [-0.2, -0.15) is 0 Å². The summed E-state index contributed by atoms with van der Waals surface area (Å²) in [5, 5.41) is 0. The molecule has 1 heterocycles. The van der Waals surface area contributed by atoms with E-state index in [4.69, 9.17) is 11.5 Å². The number of nitrogens with zero attached hydrogens (tertiary/aromatic N) is 2. The molecule has 0 atom stereocenters. The minimum Gasteiger partial charge on any atom is -0.397 e. The molecule has 6 heteroatoms. The van der Waals surface area contributed by atoms with Crippen molar-refractivity contribution in [3.8, 4) is 0 Å². The number of benzene rings is 1. The van der Waals surface area contributed by atoms with Crippen molar-refractivity contribution in [1.29, 1.82) is 0 Å². The lowest BCUT2D eigenvalue weighted by Crippen LogP contribution is -2.39. The van der Waals surface area contributed by atoms with Crippen molar-refractivity contribution in [2.75, 3.05) is 11.5 Å². The van der Waals surface area contributed by atoms with E-state index < -0.39 is 11.1 Å². The number of fused-ring (bicyclic) bond motifs is 1. The number of aromatic nitrogens is 2. The van der Waals surface area contributed by atoms with Crippen molar-refractivity contribution < 1.29 is 0 Å². The molecule has 0 amide bonds. The van der Waals surface area contributed by atoms with Crippen molar-refractivity contribution >= 4 is 22.4 Å². The number of hydrogen-bond acceptors (Lipinski definition) is 4. The van der Waals surface area contributed by atoms with Crippen LogP contribution in [0.15, 0.2) is 21.7 Å². The molecule has 0 fully saturated rings. The summed E-state index contributed by atoms with van der Waals surface area (Å²) in [6, 6.07) is 3.18. The Bertz CT molecular complexity index is 636. The molecule has 16 heavy (non-hydrogen) atoms. The van der Waals surface area contributed by atoms with Gasteiger partial charge in [0.1, 0.15) is 0 Å². The minimum absolute atomic E-state index is 0.390. The number of anilines is 2. The second kappa shape index (κ2) is 3.13. The summed E-state index contributed by atoms with van der Waals surface area (Å²) in [7, 11) is 3.06. The van der Waals surface area contributed by atoms with Crippen LogP contribution in [0.1, 0.15) is 0 Å². The normalized spacial score (nSPS) is 10.9. The highest BCUT2D eigenvalue weighted by atomic mass is 16.2. The van der Waals surface area contributed by atoms with Gasteiger partial charge in [-0.25, -0.2) is 0 Å². The molecule has 1 aromatic heterocycles. The van der Waals surface area contributed by atoms with E-state index in [1.165, 1.54) is 23.2 Å². The van der Waals surface area contributed by atoms with Gasteiger partial charge in [-0.05, 0) is 12.1 Å². The average molecular weight is 220 g/mol. The van der Waals surface area contributed by atoms with Gasteiger partial charge in [0.15, 0.2) is 0 Å². The molecule has 0 radical (unpaired) electrons. The highest BCUT2D eigenvalue weighted by Crippen LogP contribution is 2.20. The van der Waals surface area contributed by atoms with E-state index in [-0.39, 0.29) is 0 Å². The predicted octanol–water partition coefficient (Wildman–Crippen LogP) is -0.598. The molecular weight excluding hydrogens is 208 g/mol. The summed E-state index contributed by atoms with van der Waals surface area (Å²) in [5.41, 5.74) is 12.1. The fraction of sp³-hybridized carbons (Fsp3) is 0.200. The van der Waals surface area contributed by atoms with E-state index in [0.29, 0.717) is 22.4 Å². The van der Waals surface area contributed by atoms with E-state index in [9.17, 15) is 9.59 Å². The first kappa shape index (κ1) is 10.3. The van der Waals surface area contributed by atoms with Gasteiger partial charge >= 0.3 is 11.1 Å². The summed E-state index contributed by atoms with van der Waals surface area (Å²) < 4.78 is 2.54. The Kier molecular flexibility index (Phi) is 2.01. The SMILES string of the molecule is Cn1c(=O)c(=O)n(C)c2cc(N)c(N)cc21. The van der Waals surface area contributed by atoms with Gasteiger partial charge in [0.2, 0.25) is 0 Å². The van der Waals surface area contributed by atoms with Gasteiger partial charge in [-0.15, -0.1) is 0 Å². The van der Waals surface area contributed by atoms with Gasteiger partial charge in [-0.1, -0.05) is 0 Å². The van der Waals surface area contributed by atoms with Crippen molar-refractivity contribution in [1.82, 2.24) is 9.13 Å². The van der Waals surface area contributed by atoms with E-state index in [1.54, 1.807) is 12.1 Å². The fourth-order valence-corrected chi connectivity index (χ4v) is 1.65. The van der Waals surface area contributed by atoms with E-state index in [2.05, 4.69) is 0 Å². The Morgan fingerprint density at radius 1 is 0.875 bits per heavy atom. The Morgan fingerprint density at radius 3 is 1.50 bits per heavy atom. The third-order valence-electron chi connectivity index (χ3n) is 2.70. The second-order valence-electron chi connectivity index (χ2n) is 3.70. The summed E-state index contributed by atoms with van der Waals surface area (Å²) in [6.07, 6.45) is 0. The Labute approximate surface area is 90.7 Å². The summed E-state index contributed by atoms with van der Waals surface area (Å²) in [5.74, 6) is 0. The molecule has 0 saturated heterocycles. The fourth-order valence-electron chi connectivity index (χ4n) is 1.65. The van der Waals surface area contributed by atoms with Crippen LogP contribution in [-0.2, 0) is 14.1 Å². The third-order valence-corrected chi connectivity index (χ3v) is 2.70. The average Bonchev–Trinajstić information content (AvgIpc) is 2.26. The summed E-state index contributed by atoms with van der Waals surface area (Å²) in [6.45, 7) is 0. The first-order valence-corrected chi connectivity index (χ1v) is 4.68. The smallest absolute Gasteiger partial charge is 0.316 e. The Balaban J connectivity index is 3.15. The Hall–Kier alpha value is -2.24. The Morgan fingerprint density at radius 2 is 1.19 bits per heavy atom. The molecule has 0 bridgehead atoms. The largest absolute Gasteiger partial charge is 0.397 e. The molecule has 0 spiro atoms. The van der Waals surface area contributed by atoms with Crippen LogP contribution in [0.5, 0.6) is 0 Å². The molecule has 6 nitrogen and oxygen atoms in total. The van der Waals surface area contributed by atoms with Crippen LogP contribution in [0.25, 0.3) is 11.0 Å². The standard InChI is InChI=1S/C10H12N4O2/c1-13-7-3-5(11)6(12)4-8(7)14(2)10(16)9(13)15/h3-4H,11-12H2,1-2H3. The van der Waals surface area contributed by atoms with E-state index >= 15 is 0 Å². The highest BCUT2D eigenvalue weighted by molar-refractivity contribution is 5.85. The van der Waals surface area contributed by atoms with Gasteiger partial charge in [0.05, 0.1) is 22.4 Å². The third kappa shape index (κ3) is 1.19. The maximum absolute atomic E-state index is 11.6. The van der Waals surface area contributed by atoms with Crippen LogP contribution >= 0.6 is 0 Å². The molecule has 0 unspecified atom stereocenters. The minimum atomic E-state index is -0.584. The maximum atomic E-state index is 11.6. The van der Waals surface area contributed by atoms with Crippen molar-refractivity contribution in [2.45, 2.75) is 0 Å². The van der Waals surface area contributed by atoms with Crippen LogP contribution in [0, 0.1) is 0 Å². The quantitative estimate of drug-likeness (QED) is 0.457. The number of aryl methyl sites for hydroxylation is 2. The van der Waals surface area contributed by atoms with Crippen LogP contribution in [0.2, 0.25) is 0 Å². The number of nitrogens with two attached hydrogens (primary N) is 2.